The van der Waals surface area contributed by atoms with Gasteiger partial charge in [0, 0.05) is 0 Å². The fourth-order valence-electron chi connectivity index (χ4n) is 4.12. The Balaban J connectivity index is 1.72. The highest BCUT2D eigenvalue weighted by Gasteiger charge is 2.31. The molecule has 1 N–H and O–H groups in total. The molecule has 0 aliphatic carbocycles. The van der Waals surface area contributed by atoms with Crippen LogP contribution in [-0.4, -0.2) is 28.0 Å². The molecular weight excluding hydrogens is 484 g/mol. The van der Waals surface area contributed by atoms with Gasteiger partial charge in [0.2, 0.25) is 5.91 Å². The molecule has 0 aliphatic heterocycles. The van der Waals surface area contributed by atoms with Crippen LogP contribution >= 0.6 is 0 Å². The second kappa shape index (κ2) is 11.3. The lowest BCUT2D eigenvalue weighted by Gasteiger charge is -2.27. The van der Waals surface area contributed by atoms with Gasteiger partial charge in [-0.25, -0.2) is 8.42 Å². The van der Waals surface area contributed by atoms with Crippen molar-refractivity contribution in [2.24, 2.45) is 0 Å². The molecule has 37 heavy (non-hydrogen) atoms. The lowest BCUT2D eigenvalue weighted by atomic mass is 9.99. The first-order chi connectivity index (χ1) is 17.8. The number of benzene rings is 4. The van der Waals surface area contributed by atoms with Gasteiger partial charge < -0.3 is 10.1 Å². The van der Waals surface area contributed by atoms with Crippen LogP contribution in [-0.2, 0) is 14.8 Å². The zero-order valence-corrected chi connectivity index (χ0v) is 21.9. The van der Waals surface area contributed by atoms with Crippen molar-refractivity contribution in [2.45, 2.75) is 24.8 Å². The number of sulfonamides is 1. The van der Waals surface area contributed by atoms with Gasteiger partial charge in [0.1, 0.15) is 17.2 Å². The Kier molecular flexibility index (Phi) is 7.94. The first kappa shape index (κ1) is 26.0. The van der Waals surface area contributed by atoms with Crippen molar-refractivity contribution < 1.29 is 17.9 Å². The number of anilines is 1. The van der Waals surface area contributed by atoms with Gasteiger partial charge in [-0.1, -0.05) is 84.4 Å². The van der Waals surface area contributed by atoms with E-state index in [9.17, 15) is 13.2 Å². The van der Waals surface area contributed by atoms with E-state index in [0.717, 1.165) is 26.6 Å². The third kappa shape index (κ3) is 6.01. The molecule has 0 atom stereocenters. The average Bonchev–Trinajstić information content (AvgIpc) is 2.92. The van der Waals surface area contributed by atoms with Gasteiger partial charge in [-0.05, 0) is 54.8 Å². The van der Waals surface area contributed by atoms with Gasteiger partial charge in [-0.15, -0.1) is 0 Å². The maximum Gasteiger partial charge on any atom is 0.268 e. The number of nitrogens with one attached hydrogen (secondary N) is 1. The smallest absolute Gasteiger partial charge is 0.268 e. The van der Waals surface area contributed by atoms with E-state index in [-0.39, 0.29) is 10.6 Å². The second-order valence-electron chi connectivity index (χ2n) is 8.82. The molecule has 0 saturated carbocycles. The lowest BCUT2D eigenvalue weighted by Crippen LogP contribution is -2.42. The standard InChI is InChI=1S/C30H30N2O4S/c1-22-14-17-26(18-15-22)32(37(34,35)28-20-23(2)16-19-27(28)36-3)21-29(33)31-30(24-10-6-4-7-11-24)25-12-8-5-9-13-25/h4-20,30H,21H2,1-3H3,(H,31,33). The first-order valence-corrected chi connectivity index (χ1v) is 13.4. The van der Waals surface area contributed by atoms with Crippen LogP contribution in [0.1, 0.15) is 28.3 Å². The summed E-state index contributed by atoms with van der Waals surface area (Å²) in [7, 11) is -2.72. The number of hydrogen-bond acceptors (Lipinski definition) is 4. The Labute approximate surface area is 218 Å². The largest absolute Gasteiger partial charge is 0.495 e. The van der Waals surface area contributed by atoms with E-state index in [4.69, 9.17) is 4.74 Å². The fourth-order valence-corrected chi connectivity index (χ4v) is 5.78. The summed E-state index contributed by atoms with van der Waals surface area (Å²) < 4.78 is 34.5. The minimum absolute atomic E-state index is 0.00560. The Bertz CT molecular complexity index is 1420. The molecule has 1 amide bonds. The minimum Gasteiger partial charge on any atom is -0.495 e. The Hall–Kier alpha value is -4.10. The summed E-state index contributed by atoms with van der Waals surface area (Å²) in [6.07, 6.45) is 0. The molecule has 0 unspecified atom stereocenters. The highest BCUT2D eigenvalue weighted by Crippen LogP contribution is 2.31. The average molecular weight is 515 g/mol. The van der Waals surface area contributed by atoms with Gasteiger partial charge >= 0.3 is 0 Å². The molecule has 4 rings (SSSR count). The Morgan fingerprint density at radius 3 is 1.89 bits per heavy atom. The molecule has 190 valence electrons. The van der Waals surface area contributed by atoms with Gasteiger partial charge in [-0.3, -0.25) is 9.10 Å². The summed E-state index contributed by atoms with van der Waals surface area (Å²) in [5.41, 5.74) is 3.92. The minimum atomic E-state index is -4.14. The van der Waals surface area contributed by atoms with Crippen molar-refractivity contribution in [3.8, 4) is 5.75 Å². The van der Waals surface area contributed by atoms with Crippen LogP contribution in [0.4, 0.5) is 5.69 Å². The van der Waals surface area contributed by atoms with E-state index in [2.05, 4.69) is 5.32 Å². The van der Waals surface area contributed by atoms with Crippen LogP contribution in [0, 0.1) is 13.8 Å². The van der Waals surface area contributed by atoms with Gasteiger partial charge in [0.05, 0.1) is 18.8 Å². The summed E-state index contributed by atoms with van der Waals surface area (Å²) in [5, 5.41) is 3.05. The molecule has 6 nitrogen and oxygen atoms in total. The third-order valence-corrected chi connectivity index (χ3v) is 7.86. The molecule has 4 aromatic carbocycles. The number of aryl methyl sites for hydroxylation is 2. The molecule has 0 fully saturated rings. The van der Waals surface area contributed by atoms with Crippen molar-refractivity contribution in [3.63, 3.8) is 0 Å². The molecule has 0 saturated heterocycles. The predicted octanol–water partition coefficient (Wildman–Crippen LogP) is 5.41. The lowest BCUT2D eigenvalue weighted by molar-refractivity contribution is -0.120. The van der Waals surface area contributed by atoms with Crippen molar-refractivity contribution >= 4 is 21.6 Å². The van der Waals surface area contributed by atoms with E-state index >= 15 is 0 Å². The Morgan fingerprint density at radius 2 is 1.35 bits per heavy atom. The predicted molar refractivity (Wildman–Crippen MR) is 146 cm³/mol. The van der Waals surface area contributed by atoms with Gasteiger partial charge in [0.25, 0.3) is 10.0 Å². The van der Waals surface area contributed by atoms with Crippen LogP contribution in [0.2, 0.25) is 0 Å². The van der Waals surface area contributed by atoms with E-state index in [1.807, 2.05) is 86.6 Å². The number of carbonyl (C=O) groups is 1. The number of hydrogen-bond donors (Lipinski definition) is 1. The van der Waals surface area contributed by atoms with E-state index < -0.39 is 28.5 Å². The molecule has 4 aromatic rings. The number of carbonyl (C=O) groups excluding carboxylic acids is 1. The number of rotatable bonds is 9. The maximum absolute atomic E-state index is 14.0. The van der Waals surface area contributed by atoms with Crippen LogP contribution in [0.25, 0.3) is 0 Å². The monoisotopic (exact) mass is 514 g/mol. The summed E-state index contributed by atoms with van der Waals surface area (Å²) in [4.78, 5) is 13.5. The van der Waals surface area contributed by atoms with Crippen molar-refractivity contribution in [2.75, 3.05) is 18.0 Å². The number of amides is 1. The molecule has 0 heterocycles. The number of ether oxygens (including phenoxy) is 1. The SMILES string of the molecule is COc1ccc(C)cc1S(=O)(=O)N(CC(=O)NC(c1ccccc1)c1ccccc1)c1ccc(C)cc1. The highest BCUT2D eigenvalue weighted by molar-refractivity contribution is 7.93. The fraction of sp³-hybridized carbons (Fsp3) is 0.167. The first-order valence-electron chi connectivity index (χ1n) is 11.9. The Morgan fingerprint density at radius 1 is 0.811 bits per heavy atom. The van der Waals surface area contributed by atoms with Crippen LogP contribution in [0.5, 0.6) is 5.75 Å². The normalized spacial score (nSPS) is 11.2. The number of methoxy groups -OCH3 is 1. The quantitative estimate of drug-likeness (QED) is 0.324. The summed E-state index contributed by atoms with van der Waals surface area (Å²) in [6, 6.07) is 30.8. The van der Waals surface area contributed by atoms with Gasteiger partial charge in [0.15, 0.2) is 0 Å². The number of nitrogens with zero attached hydrogens (tertiary/aromatic N) is 1. The zero-order valence-electron chi connectivity index (χ0n) is 21.1. The zero-order chi connectivity index (χ0) is 26.4. The third-order valence-electron chi connectivity index (χ3n) is 6.07. The van der Waals surface area contributed by atoms with Crippen molar-refractivity contribution in [3.05, 3.63) is 125 Å². The summed E-state index contributed by atoms with van der Waals surface area (Å²) >= 11 is 0. The topological polar surface area (TPSA) is 75.7 Å². The van der Waals surface area contributed by atoms with Crippen LogP contribution < -0.4 is 14.4 Å². The molecule has 0 bridgehead atoms. The molecule has 0 aromatic heterocycles. The maximum atomic E-state index is 14.0. The molecule has 0 radical (unpaired) electrons. The van der Waals surface area contributed by atoms with Gasteiger partial charge in [-0.2, -0.15) is 0 Å². The molecule has 0 spiro atoms. The second-order valence-corrected chi connectivity index (χ2v) is 10.7. The molecular formula is C30H30N2O4S. The van der Waals surface area contributed by atoms with Crippen molar-refractivity contribution in [1.82, 2.24) is 5.32 Å². The van der Waals surface area contributed by atoms with Crippen molar-refractivity contribution in [1.29, 1.82) is 0 Å². The summed E-state index contributed by atoms with van der Waals surface area (Å²) in [6.45, 7) is 3.33. The van der Waals surface area contributed by atoms with E-state index in [1.165, 1.54) is 7.11 Å². The van der Waals surface area contributed by atoms with E-state index in [0.29, 0.717) is 5.69 Å². The molecule has 7 heteroatoms. The highest BCUT2D eigenvalue weighted by atomic mass is 32.2. The molecule has 0 aliphatic rings. The summed E-state index contributed by atoms with van der Waals surface area (Å²) in [5.74, 6) is -0.219. The van der Waals surface area contributed by atoms with Crippen LogP contribution in [0.3, 0.4) is 0 Å². The van der Waals surface area contributed by atoms with Crippen LogP contribution in [0.15, 0.2) is 108 Å². The van der Waals surface area contributed by atoms with E-state index in [1.54, 1.807) is 30.3 Å².